The highest BCUT2D eigenvalue weighted by molar-refractivity contribution is 5.69. The van der Waals surface area contributed by atoms with Gasteiger partial charge in [-0.1, -0.05) is 19.1 Å². The summed E-state index contributed by atoms with van der Waals surface area (Å²) in [5, 5.41) is 3.59. The van der Waals surface area contributed by atoms with Gasteiger partial charge in [-0.05, 0) is 50.2 Å². The average molecular weight is 218 g/mol. The van der Waals surface area contributed by atoms with E-state index in [4.69, 9.17) is 5.73 Å². The molecule has 0 bridgehead atoms. The summed E-state index contributed by atoms with van der Waals surface area (Å²) in [6.45, 7) is 4.40. The summed E-state index contributed by atoms with van der Waals surface area (Å²) in [6, 6.07) is 6.82. The third-order valence-electron chi connectivity index (χ3n) is 3.70. The van der Waals surface area contributed by atoms with Gasteiger partial charge in [-0.25, -0.2) is 0 Å². The van der Waals surface area contributed by atoms with Gasteiger partial charge >= 0.3 is 0 Å². The highest BCUT2D eigenvalue weighted by Crippen LogP contribution is 2.29. The minimum Gasteiger partial charge on any atom is -0.397 e. The smallest absolute Gasteiger partial charge is 0.0579 e. The van der Waals surface area contributed by atoms with Crippen molar-refractivity contribution in [2.75, 3.05) is 11.1 Å². The van der Waals surface area contributed by atoms with Gasteiger partial charge < -0.3 is 11.1 Å². The van der Waals surface area contributed by atoms with E-state index in [1.165, 1.54) is 25.7 Å². The Morgan fingerprint density at radius 3 is 2.56 bits per heavy atom. The fraction of sp³-hybridized carbons (Fsp3) is 0.571. The summed E-state index contributed by atoms with van der Waals surface area (Å²) in [5.74, 6) is 0.896. The van der Waals surface area contributed by atoms with E-state index in [1.807, 2.05) is 0 Å². The molecule has 0 atom stereocenters. The molecule has 0 heterocycles. The molecule has 3 N–H and O–H groups in total. The molecule has 0 saturated heterocycles. The number of nitrogens with one attached hydrogen (secondary N) is 1. The van der Waals surface area contributed by atoms with E-state index in [1.54, 1.807) is 0 Å². The van der Waals surface area contributed by atoms with Crippen LogP contribution in [0.2, 0.25) is 0 Å². The Labute approximate surface area is 98.2 Å². The summed E-state index contributed by atoms with van der Waals surface area (Å²) in [7, 11) is 0. The van der Waals surface area contributed by atoms with Crippen molar-refractivity contribution >= 4 is 11.4 Å². The van der Waals surface area contributed by atoms with Gasteiger partial charge in [-0.2, -0.15) is 0 Å². The quantitative estimate of drug-likeness (QED) is 0.745. The fourth-order valence-electron chi connectivity index (χ4n) is 2.43. The Morgan fingerprint density at radius 2 is 1.88 bits per heavy atom. The Morgan fingerprint density at radius 1 is 1.19 bits per heavy atom. The minimum absolute atomic E-state index is 0.611. The normalized spacial score (nSPS) is 25.4. The van der Waals surface area contributed by atoms with Gasteiger partial charge in [0.05, 0.1) is 11.4 Å². The number of nitrogen functional groups attached to an aromatic ring is 1. The molecule has 88 valence electrons. The molecule has 1 aromatic carbocycles. The molecule has 0 aromatic heterocycles. The SMILES string of the molecule is Cc1cccc(NC2CCC(C)CC2)c1N. The van der Waals surface area contributed by atoms with Crippen LogP contribution in [-0.2, 0) is 0 Å². The van der Waals surface area contributed by atoms with E-state index >= 15 is 0 Å². The lowest BCUT2D eigenvalue weighted by atomic mass is 9.87. The number of aryl methyl sites for hydroxylation is 1. The molecular formula is C14H22N2. The summed E-state index contributed by atoms with van der Waals surface area (Å²) in [4.78, 5) is 0. The van der Waals surface area contributed by atoms with Crippen molar-refractivity contribution in [3.63, 3.8) is 0 Å². The Kier molecular flexibility index (Phi) is 3.37. The summed E-state index contributed by atoms with van der Waals surface area (Å²) in [5.41, 5.74) is 9.24. The molecule has 2 rings (SSSR count). The second-order valence-electron chi connectivity index (χ2n) is 5.14. The maximum atomic E-state index is 6.06. The molecule has 1 aromatic rings. The van der Waals surface area contributed by atoms with E-state index in [-0.39, 0.29) is 0 Å². The molecule has 1 saturated carbocycles. The lowest BCUT2D eigenvalue weighted by Gasteiger charge is -2.28. The molecule has 0 spiro atoms. The van der Waals surface area contributed by atoms with E-state index in [9.17, 15) is 0 Å². The van der Waals surface area contributed by atoms with Gasteiger partial charge in [0.2, 0.25) is 0 Å². The number of hydrogen-bond donors (Lipinski definition) is 2. The van der Waals surface area contributed by atoms with E-state index in [2.05, 4.69) is 37.4 Å². The molecule has 1 aliphatic rings. The van der Waals surface area contributed by atoms with Crippen LogP contribution in [0.25, 0.3) is 0 Å². The average Bonchev–Trinajstić information content (AvgIpc) is 2.28. The molecule has 0 radical (unpaired) electrons. The second kappa shape index (κ2) is 4.77. The molecule has 0 aliphatic heterocycles. The van der Waals surface area contributed by atoms with Crippen LogP contribution in [0, 0.1) is 12.8 Å². The number of rotatable bonds is 2. The van der Waals surface area contributed by atoms with Crippen LogP contribution in [0.1, 0.15) is 38.2 Å². The molecule has 0 amide bonds. The number of para-hydroxylation sites is 1. The summed E-state index contributed by atoms with van der Waals surface area (Å²) < 4.78 is 0. The minimum atomic E-state index is 0.611. The van der Waals surface area contributed by atoms with Crippen LogP contribution in [0.5, 0.6) is 0 Å². The number of nitrogens with two attached hydrogens (primary N) is 1. The standard InChI is InChI=1S/C14H22N2/c1-10-6-8-12(9-7-10)16-13-5-3-4-11(2)14(13)15/h3-5,10,12,16H,6-9,15H2,1-2H3. The van der Waals surface area contributed by atoms with Crippen molar-refractivity contribution in [2.24, 2.45) is 5.92 Å². The van der Waals surface area contributed by atoms with Gasteiger partial charge in [-0.15, -0.1) is 0 Å². The largest absolute Gasteiger partial charge is 0.397 e. The third kappa shape index (κ3) is 2.49. The van der Waals surface area contributed by atoms with Crippen molar-refractivity contribution in [2.45, 2.75) is 45.6 Å². The predicted octanol–water partition coefficient (Wildman–Crippen LogP) is 3.57. The molecule has 2 heteroatoms. The zero-order valence-corrected chi connectivity index (χ0v) is 10.3. The van der Waals surface area contributed by atoms with Crippen molar-refractivity contribution in [1.82, 2.24) is 0 Å². The lowest BCUT2D eigenvalue weighted by molar-refractivity contribution is 0.361. The van der Waals surface area contributed by atoms with Gasteiger partial charge in [0.25, 0.3) is 0 Å². The molecular weight excluding hydrogens is 196 g/mol. The molecule has 1 fully saturated rings. The van der Waals surface area contributed by atoms with E-state index < -0.39 is 0 Å². The first-order chi connectivity index (χ1) is 7.66. The summed E-state index contributed by atoms with van der Waals surface area (Å²) in [6.07, 6.45) is 5.22. The third-order valence-corrected chi connectivity index (χ3v) is 3.70. The fourth-order valence-corrected chi connectivity index (χ4v) is 2.43. The van der Waals surface area contributed by atoms with Gasteiger partial charge in [0, 0.05) is 6.04 Å². The number of benzene rings is 1. The molecule has 0 unspecified atom stereocenters. The zero-order valence-electron chi connectivity index (χ0n) is 10.3. The zero-order chi connectivity index (χ0) is 11.5. The first-order valence-corrected chi connectivity index (χ1v) is 6.28. The predicted molar refractivity (Wildman–Crippen MR) is 70.6 cm³/mol. The van der Waals surface area contributed by atoms with Crippen molar-refractivity contribution in [3.8, 4) is 0 Å². The maximum Gasteiger partial charge on any atom is 0.0579 e. The van der Waals surface area contributed by atoms with Crippen LogP contribution < -0.4 is 11.1 Å². The topological polar surface area (TPSA) is 38.0 Å². The number of anilines is 2. The van der Waals surface area contributed by atoms with Crippen LogP contribution in [0.15, 0.2) is 18.2 Å². The Hall–Kier alpha value is -1.18. The van der Waals surface area contributed by atoms with E-state index in [0.29, 0.717) is 6.04 Å². The summed E-state index contributed by atoms with van der Waals surface area (Å²) >= 11 is 0. The van der Waals surface area contributed by atoms with Crippen LogP contribution in [0.3, 0.4) is 0 Å². The highest BCUT2D eigenvalue weighted by Gasteiger charge is 2.18. The van der Waals surface area contributed by atoms with Gasteiger partial charge in [0.1, 0.15) is 0 Å². The Bertz CT molecular complexity index is 352. The van der Waals surface area contributed by atoms with Crippen LogP contribution >= 0.6 is 0 Å². The van der Waals surface area contributed by atoms with Crippen LogP contribution in [-0.4, -0.2) is 6.04 Å². The van der Waals surface area contributed by atoms with Crippen molar-refractivity contribution in [3.05, 3.63) is 23.8 Å². The van der Waals surface area contributed by atoms with Gasteiger partial charge in [0.15, 0.2) is 0 Å². The van der Waals surface area contributed by atoms with Crippen LogP contribution in [0.4, 0.5) is 11.4 Å². The molecule has 2 nitrogen and oxygen atoms in total. The first kappa shape index (κ1) is 11.3. The lowest BCUT2D eigenvalue weighted by Crippen LogP contribution is -2.25. The molecule has 16 heavy (non-hydrogen) atoms. The van der Waals surface area contributed by atoms with Crippen molar-refractivity contribution in [1.29, 1.82) is 0 Å². The second-order valence-corrected chi connectivity index (χ2v) is 5.14. The monoisotopic (exact) mass is 218 g/mol. The maximum absolute atomic E-state index is 6.06. The molecule has 1 aliphatic carbocycles. The Balaban J connectivity index is 2.01. The van der Waals surface area contributed by atoms with E-state index in [0.717, 1.165) is 22.9 Å². The first-order valence-electron chi connectivity index (χ1n) is 6.28. The van der Waals surface area contributed by atoms with Crippen molar-refractivity contribution < 1.29 is 0 Å². The van der Waals surface area contributed by atoms with Gasteiger partial charge in [-0.3, -0.25) is 0 Å². The highest BCUT2D eigenvalue weighted by atomic mass is 14.9. The number of hydrogen-bond acceptors (Lipinski definition) is 2.